The van der Waals surface area contributed by atoms with Crippen molar-refractivity contribution in [2.24, 2.45) is 0 Å². The number of esters is 2. The summed E-state index contributed by atoms with van der Waals surface area (Å²) in [6.07, 6.45) is 51.7. The largest absolute Gasteiger partial charge is 0.477 e. The van der Waals surface area contributed by atoms with Gasteiger partial charge in [0.1, 0.15) is 13.2 Å². The first kappa shape index (κ1) is 57.7. The molecule has 0 amide bonds. The Bertz CT molecular complexity index is 1230. The van der Waals surface area contributed by atoms with E-state index in [-0.39, 0.29) is 32.2 Å². The lowest BCUT2D eigenvalue weighted by Gasteiger charge is -2.25. The second kappa shape index (κ2) is 43.4. The third-order valence-electron chi connectivity index (χ3n) is 9.98. The van der Waals surface area contributed by atoms with Crippen molar-refractivity contribution in [2.45, 2.75) is 193 Å². The topological polar surface area (TPSA) is 108 Å². The van der Waals surface area contributed by atoms with Gasteiger partial charge in [0, 0.05) is 12.8 Å². The van der Waals surface area contributed by atoms with Crippen LogP contribution in [0.25, 0.3) is 0 Å². The molecular weight excluding hydrogens is 767 g/mol. The second-order valence-electron chi connectivity index (χ2n) is 17.0. The van der Waals surface area contributed by atoms with Crippen molar-refractivity contribution >= 4 is 17.9 Å². The molecule has 9 nitrogen and oxygen atoms in total. The number of carbonyl (C=O) groups excluding carboxylic acids is 2. The van der Waals surface area contributed by atoms with Gasteiger partial charge in [-0.25, -0.2) is 4.79 Å². The molecule has 0 aliphatic carbocycles. The number of hydrogen-bond donors (Lipinski definition) is 1. The van der Waals surface area contributed by atoms with E-state index in [1.165, 1.54) is 57.8 Å². The number of ether oxygens (including phenoxy) is 4. The molecule has 0 aliphatic rings. The second-order valence-corrected chi connectivity index (χ2v) is 17.0. The van der Waals surface area contributed by atoms with Crippen LogP contribution in [0.2, 0.25) is 0 Å². The van der Waals surface area contributed by atoms with E-state index in [0.717, 1.165) is 89.9 Å². The fourth-order valence-electron chi connectivity index (χ4n) is 6.25. The summed E-state index contributed by atoms with van der Waals surface area (Å²) in [4.78, 5) is 36.8. The monoisotopic (exact) mass is 857 g/mol. The molecular formula is C52H90NO8+. The van der Waals surface area contributed by atoms with Crippen LogP contribution in [0.3, 0.4) is 0 Å². The van der Waals surface area contributed by atoms with E-state index < -0.39 is 24.3 Å². The van der Waals surface area contributed by atoms with Crippen molar-refractivity contribution in [1.29, 1.82) is 0 Å². The lowest BCUT2D eigenvalue weighted by Crippen LogP contribution is -2.40. The lowest BCUT2D eigenvalue weighted by atomic mass is 10.0. The van der Waals surface area contributed by atoms with Crippen molar-refractivity contribution in [3.05, 3.63) is 72.9 Å². The maximum atomic E-state index is 12.7. The quantitative estimate of drug-likeness (QED) is 0.0212. The van der Waals surface area contributed by atoms with Crippen LogP contribution >= 0.6 is 0 Å². The minimum atomic E-state index is -1.51. The van der Waals surface area contributed by atoms with Gasteiger partial charge in [0.25, 0.3) is 6.29 Å². The third-order valence-corrected chi connectivity index (χ3v) is 9.98. The van der Waals surface area contributed by atoms with Gasteiger partial charge in [-0.15, -0.1) is 0 Å². The Morgan fingerprint density at radius 2 is 0.934 bits per heavy atom. The number of carboxylic acid groups (broad SMARTS) is 1. The van der Waals surface area contributed by atoms with E-state index in [9.17, 15) is 19.5 Å². The summed E-state index contributed by atoms with van der Waals surface area (Å²) in [6.45, 7) is 4.64. The first-order valence-corrected chi connectivity index (χ1v) is 24.1. The Kier molecular flexibility index (Phi) is 41.1. The molecule has 0 spiro atoms. The van der Waals surface area contributed by atoms with E-state index in [1.54, 1.807) is 0 Å². The number of carbonyl (C=O) groups is 3. The Hall–Kier alpha value is -3.27. The van der Waals surface area contributed by atoms with Gasteiger partial charge in [-0.1, -0.05) is 177 Å². The normalized spacial score (nSPS) is 13.5. The molecule has 0 aliphatic heterocycles. The fourth-order valence-corrected chi connectivity index (χ4v) is 6.25. The number of aliphatic carboxylic acids is 1. The zero-order valence-corrected chi connectivity index (χ0v) is 39.5. The number of quaternary nitrogens is 1. The lowest BCUT2D eigenvalue weighted by molar-refractivity contribution is -0.870. The number of allylic oxidation sites excluding steroid dienone is 12. The maximum Gasteiger partial charge on any atom is 0.361 e. The number of unbranched alkanes of at least 4 members (excludes halogenated alkanes) is 16. The molecule has 0 rings (SSSR count). The Labute approximate surface area is 373 Å². The van der Waals surface area contributed by atoms with Crippen molar-refractivity contribution in [1.82, 2.24) is 0 Å². The van der Waals surface area contributed by atoms with Crippen LogP contribution in [0.15, 0.2) is 72.9 Å². The summed E-state index contributed by atoms with van der Waals surface area (Å²) in [5, 5.41) is 9.59. The van der Waals surface area contributed by atoms with E-state index in [4.69, 9.17) is 18.9 Å². The fraction of sp³-hybridized carbons (Fsp3) is 0.712. The smallest absolute Gasteiger partial charge is 0.361 e. The molecule has 61 heavy (non-hydrogen) atoms. The van der Waals surface area contributed by atoms with Crippen molar-refractivity contribution in [2.75, 3.05) is 47.5 Å². The molecule has 9 heteroatoms. The van der Waals surface area contributed by atoms with Crippen LogP contribution in [0.5, 0.6) is 0 Å². The number of rotatable bonds is 43. The first-order chi connectivity index (χ1) is 29.6. The molecule has 0 heterocycles. The van der Waals surface area contributed by atoms with Gasteiger partial charge in [0.2, 0.25) is 0 Å². The summed E-state index contributed by atoms with van der Waals surface area (Å²) in [7, 11) is 5.94. The molecule has 2 unspecified atom stereocenters. The highest BCUT2D eigenvalue weighted by Crippen LogP contribution is 2.14. The summed E-state index contributed by atoms with van der Waals surface area (Å²) in [5.74, 6) is -2.03. The Morgan fingerprint density at radius 3 is 1.39 bits per heavy atom. The van der Waals surface area contributed by atoms with Crippen LogP contribution in [0, 0.1) is 0 Å². The summed E-state index contributed by atoms with van der Waals surface area (Å²) < 4.78 is 22.6. The zero-order valence-electron chi connectivity index (χ0n) is 39.5. The predicted octanol–water partition coefficient (Wildman–Crippen LogP) is 13.1. The summed E-state index contributed by atoms with van der Waals surface area (Å²) in [6, 6.07) is 0. The maximum absolute atomic E-state index is 12.7. The third kappa shape index (κ3) is 44.6. The Balaban J connectivity index is 4.06. The van der Waals surface area contributed by atoms with Crippen LogP contribution < -0.4 is 0 Å². The number of likely N-dealkylation sites (N-methyl/N-ethyl adjacent to an activating group) is 1. The number of nitrogens with zero attached hydrogens (tertiary/aromatic N) is 1. The van der Waals surface area contributed by atoms with Crippen molar-refractivity contribution < 1.29 is 42.9 Å². The SMILES string of the molecule is CC/C=C\C/C=C\C/C=C\C/C=C\C/C=C\C/C=C\CCCCCCCCCCCCCCC(=O)OC(COC(=O)CCCCCCC)COC(OCC[N+](C)(C)C)C(=O)O. The van der Waals surface area contributed by atoms with E-state index >= 15 is 0 Å². The average molecular weight is 857 g/mol. The molecule has 0 fully saturated rings. The zero-order chi connectivity index (χ0) is 44.9. The highest BCUT2D eigenvalue weighted by atomic mass is 16.7. The van der Waals surface area contributed by atoms with Crippen molar-refractivity contribution in [3.63, 3.8) is 0 Å². The van der Waals surface area contributed by atoms with Crippen molar-refractivity contribution in [3.8, 4) is 0 Å². The molecule has 0 saturated carbocycles. The van der Waals surface area contributed by atoms with Gasteiger partial charge in [0.05, 0.1) is 34.4 Å². The van der Waals surface area contributed by atoms with Crippen LogP contribution in [0.4, 0.5) is 0 Å². The standard InChI is InChI=1S/C52H89NO8/c1-6-8-10-12-13-14-15-16-17-18-19-20-21-22-23-24-25-26-27-28-29-30-31-32-33-34-35-36-37-39-41-43-50(55)61-48(46-59-49(54)42-40-38-11-9-7-2)47-60-52(51(56)57)58-45-44-53(3,4)5/h8,10,13-14,16-17,19-20,22-23,25-26,48,52H,6-7,9,11-12,15,18,21,24,27-47H2,1-5H3/p+1/b10-8-,14-13-,17-16-,20-19-,23-22-,26-25-. The number of hydrogen-bond acceptors (Lipinski definition) is 7. The minimum Gasteiger partial charge on any atom is -0.477 e. The Morgan fingerprint density at radius 1 is 0.508 bits per heavy atom. The predicted molar refractivity (Wildman–Crippen MR) is 253 cm³/mol. The van der Waals surface area contributed by atoms with Crippen LogP contribution in [-0.4, -0.2) is 87.4 Å². The van der Waals surface area contributed by atoms with E-state index in [2.05, 4.69) is 86.8 Å². The molecule has 0 aromatic carbocycles. The summed E-state index contributed by atoms with van der Waals surface area (Å²) >= 11 is 0. The van der Waals surface area contributed by atoms with Crippen LogP contribution in [-0.2, 0) is 33.3 Å². The minimum absolute atomic E-state index is 0.185. The molecule has 1 N–H and O–H groups in total. The van der Waals surface area contributed by atoms with Gasteiger partial charge in [-0.2, -0.15) is 0 Å². The van der Waals surface area contributed by atoms with Gasteiger partial charge in [-0.05, 0) is 64.2 Å². The van der Waals surface area contributed by atoms with Crippen LogP contribution in [0.1, 0.15) is 181 Å². The van der Waals surface area contributed by atoms with Gasteiger partial charge in [-0.3, -0.25) is 9.59 Å². The highest BCUT2D eigenvalue weighted by molar-refractivity contribution is 5.71. The van der Waals surface area contributed by atoms with E-state index in [1.807, 2.05) is 21.1 Å². The van der Waals surface area contributed by atoms with E-state index in [0.29, 0.717) is 23.9 Å². The van der Waals surface area contributed by atoms with Gasteiger partial charge >= 0.3 is 17.9 Å². The first-order valence-electron chi connectivity index (χ1n) is 24.1. The molecule has 350 valence electrons. The van der Waals surface area contributed by atoms with Gasteiger partial charge < -0.3 is 28.5 Å². The highest BCUT2D eigenvalue weighted by Gasteiger charge is 2.25. The molecule has 0 saturated heterocycles. The average Bonchev–Trinajstić information content (AvgIpc) is 3.22. The molecule has 0 aromatic rings. The van der Waals surface area contributed by atoms with Gasteiger partial charge in [0.15, 0.2) is 6.10 Å². The number of carboxylic acids is 1. The molecule has 0 radical (unpaired) electrons. The summed E-state index contributed by atoms with van der Waals surface area (Å²) in [5.41, 5.74) is 0. The molecule has 0 bridgehead atoms. The molecule has 0 aromatic heterocycles. The molecule has 2 atom stereocenters.